The number of nitrogens with one attached hydrogen (secondary N) is 1. The minimum absolute atomic E-state index is 0.0510. The third-order valence-corrected chi connectivity index (χ3v) is 1.48. The zero-order valence-electron chi connectivity index (χ0n) is 9.68. The molecule has 1 N–H and O–H groups in total. The van der Waals surface area contributed by atoms with E-state index in [-0.39, 0.29) is 5.91 Å². The number of hydrogen-bond donors (Lipinski definition) is 1. The Morgan fingerprint density at radius 3 is 1.93 bits per heavy atom. The molecule has 14 heavy (non-hydrogen) atoms. The van der Waals surface area contributed by atoms with Gasteiger partial charge >= 0.3 is 0 Å². The van der Waals surface area contributed by atoms with Crippen molar-refractivity contribution in [3.63, 3.8) is 0 Å². The highest BCUT2D eigenvalue weighted by molar-refractivity contribution is 6.00. The fourth-order valence-electron chi connectivity index (χ4n) is 0.918. The topological polar surface area (TPSA) is 29.1 Å². The van der Waals surface area contributed by atoms with Crippen LogP contribution in [0.3, 0.4) is 0 Å². The van der Waals surface area contributed by atoms with Crippen molar-refractivity contribution in [1.82, 2.24) is 5.32 Å². The molecule has 0 radical (unpaired) electrons. The van der Waals surface area contributed by atoms with Gasteiger partial charge < -0.3 is 5.32 Å². The molecule has 1 aliphatic rings. The quantitative estimate of drug-likeness (QED) is 0.721. The maximum absolute atomic E-state index is 10.9. The van der Waals surface area contributed by atoms with E-state index in [0.29, 0.717) is 12.1 Å². The summed E-state index contributed by atoms with van der Waals surface area (Å²) >= 11 is 0. The molecular formula is C12H21NO. The van der Waals surface area contributed by atoms with Gasteiger partial charge in [0.25, 0.3) is 5.91 Å². The molecule has 0 spiro atoms. The number of carbonyl (C=O) groups is 1. The predicted molar refractivity (Wildman–Crippen MR) is 63.1 cm³/mol. The minimum Gasteiger partial charge on any atom is -0.348 e. The largest absolute Gasteiger partial charge is 0.348 e. The standard InChI is InChI=1S/C8H9NO.2C2H6/c1-3-6-5-9-8(10)7(6)4-2;2*1-2/h3-4H,1-2,5H2,(H,9,10);2*1-2H3. The first kappa shape index (κ1) is 15.2. The van der Waals surface area contributed by atoms with Crippen molar-refractivity contribution < 1.29 is 4.79 Å². The fourth-order valence-corrected chi connectivity index (χ4v) is 0.918. The predicted octanol–water partition coefficient (Wildman–Crippen LogP) is 2.84. The molecule has 0 fully saturated rings. The third kappa shape index (κ3) is 4.08. The van der Waals surface area contributed by atoms with Crippen LogP contribution in [0.4, 0.5) is 0 Å². The lowest BCUT2D eigenvalue weighted by atomic mass is 10.1. The second-order valence-electron chi connectivity index (χ2n) is 2.03. The summed E-state index contributed by atoms with van der Waals surface area (Å²) in [5.74, 6) is -0.0510. The van der Waals surface area contributed by atoms with E-state index in [1.807, 2.05) is 27.7 Å². The number of amides is 1. The Balaban J connectivity index is 0. The lowest BCUT2D eigenvalue weighted by Crippen LogP contribution is -2.16. The molecule has 0 atom stereocenters. The normalized spacial score (nSPS) is 13.0. The van der Waals surface area contributed by atoms with Crippen LogP contribution in [0.25, 0.3) is 0 Å². The van der Waals surface area contributed by atoms with Crippen molar-refractivity contribution >= 4 is 5.91 Å². The SMILES string of the molecule is C=CC1=C(C=C)C(=O)NC1.CC.CC. The van der Waals surface area contributed by atoms with Gasteiger partial charge in [0.05, 0.1) is 0 Å². The number of rotatable bonds is 2. The monoisotopic (exact) mass is 195 g/mol. The highest BCUT2D eigenvalue weighted by Crippen LogP contribution is 2.11. The molecule has 0 aromatic heterocycles. The average molecular weight is 195 g/mol. The van der Waals surface area contributed by atoms with Crippen LogP contribution in [0.2, 0.25) is 0 Å². The molecule has 0 aromatic carbocycles. The summed E-state index contributed by atoms with van der Waals surface area (Å²) in [5.41, 5.74) is 1.58. The summed E-state index contributed by atoms with van der Waals surface area (Å²) in [7, 11) is 0. The molecule has 1 amide bonds. The van der Waals surface area contributed by atoms with Crippen LogP contribution in [0, 0.1) is 0 Å². The van der Waals surface area contributed by atoms with E-state index in [1.54, 1.807) is 12.2 Å². The molecule has 0 aromatic rings. The minimum atomic E-state index is -0.0510. The first-order valence-electron chi connectivity index (χ1n) is 5.06. The van der Waals surface area contributed by atoms with Crippen LogP contribution in [-0.4, -0.2) is 12.5 Å². The fraction of sp³-hybridized carbons (Fsp3) is 0.417. The molecular weight excluding hydrogens is 174 g/mol. The Morgan fingerprint density at radius 2 is 1.64 bits per heavy atom. The lowest BCUT2D eigenvalue weighted by molar-refractivity contribution is -0.116. The van der Waals surface area contributed by atoms with Gasteiger partial charge in [-0.2, -0.15) is 0 Å². The molecule has 80 valence electrons. The van der Waals surface area contributed by atoms with Gasteiger partial charge in [-0.1, -0.05) is 53.0 Å². The Bertz CT molecular complexity index is 226. The van der Waals surface area contributed by atoms with Gasteiger partial charge in [0, 0.05) is 12.1 Å². The average Bonchev–Trinajstić information content (AvgIpc) is 2.64. The molecule has 0 bridgehead atoms. The van der Waals surface area contributed by atoms with Crippen LogP contribution in [0.15, 0.2) is 36.5 Å². The van der Waals surface area contributed by atoms with Gasteiger partial charge in [-0.15, -0.1) is 0 Å². The van der Waals surface area contributed by atoms with Crippen molar-refractivity contribution in [2.45, 2.75) is 27.7 Å². The molecule has 1 heterocycles. The van der Waals surface area contributed by atoms with Gasteiger partial charge in [0.1, 0.15) is 0 Å². The number of hydrogen-bond acceptors (Lipinski definition) is 1. The summed E-state index contributed by atoms with van der Waals surface area (Å²) in [6.07, 6.45) is 3.23. The highest BCUT2D eigenvalue weighted by Gasteiger charge is 2.16. The smallest absolute Gasteiger partial charge is 0.251 e. The van der Waals surface area contributed by atoms with Crippen molar-refractivity contribution in [2.75, 3.05) is 6.54 Å². The van der Waals surface area contributed by atoms with Crippen LogP contribution in [0.1, 0.15) is 27.7 Å². The summed E-state index contributed by atoms with van der Waals surface area (Å²) in [6, 6.07) is 0. The zero-order valence-corrected chi connectivity index (χ0v) is 9.68. The Kier molecular flexibility index (Phi) is 10.6. The molecule has 2 nitrogen and oxygen atoms in total. The van der Waals surface area contributed by atoms with Gasteiger partial charge in [-0.05, 0) is 5.57 Å². The molecule has 1 rings (SSSR count). The van der Waals surface area contributed by atoms with E-state index in [9.17, 15) is 4.79 Å². The van der Waals surface area contributed by atoms with Crippen LogP contribution in [-0.2, 0) is 4.79 Å². The third-order valence-electron chi connectivity index (χ3n) is 1.48. The molecule has 2 heteroatoms. The summed E-state index contributed by atoms with van der Waals surface area (Å²) < 4.78 is 0. The van der Waals surface area contributed by atoms with E-state index in [0.717, 1.165) is 5.57 Å². The first-order valence-corrected chi connectivity index (χ1v) is 5.06. The second-order valence-corrected chi connectivity index (χ2v) is 2.03. The van der Waals surface area contributed by atoms with E-state index in [2.05, 4.69) is 18.5 Å². The van der Waals surface area contributed by atoms with Gasteiger partial charge in [-0.3, -0.25) is 4.79 Å². The van der Waals surface area contributed by atoms with Crippen molar-refractivity contribution in [2.24, 2.45) is 0 Å². The summed E-state index contributed by atoms with van der Waals surface area (Å²) in [5, 5.41) is 2.67. The van der Waals surface area contributed by atoms with Crippen molar-refractivity contribution in [3.05, 3.63) is 36.5 Å². The van der Waals surface area contributed by atoms with Crippen molar-refractivity contribution in [3.8, 4) is 0 Å². The molecule has 1 aliphatic heterocycles. The zero-order chi connectivity index (χ0) is 11.6. The number of carbonyl (C=O) groups excluding carboxylic acids is 1. The maximum atomic E-state index is 10.9. The summed E-state index contributed by atoms with van der Waals surface area (Å²) in [6.45, 7) is 15.7. The molecule has 0 unspecified atom stereocenters. The van der Waals surface area contributed by atoms with E-state index < -0.39 is 0 Å². The van der Waals surface area contributed by atoms with E-state index >= 15 is 0 Å². The molecule has 0 saturated heterocycles. The van der Waals surface area contributed by atoms with E-state index in [1.165, 1.54) is 0 Å². The lowest BCUT2D eigenvalue weighted by Gasteiger charge is -1.88. The van der Waals surface area contributed by atoms with Gasteiger partial charge in [0.15, 0.2) is 0 Å². The first-order chi connectivity index (χ1) is 6.79. The Hall–Kier alpha value is -1.31. The van der Waals surface area contributed by atoms with Crippen molar-refractivity contribution in [1.29, 1.82) is 0 Å². The van der Waals surface area contributed by atoms with Crippen LogP contribution in [0.5, 0.6) is 0 Å². The Morgan fingerprint density at radius 1 is 1.14 bits per heavy atom. The van der Waals surface area contributed by atoms with Crippen LogP contribution >= 0.6 is 0 Å². The highest BCUT2D eigenvalue weighted by atomic mass is 16.1. The van der Waals surface area contributed by atoms with Crippen LogP contribution < -0.4 is 5.32 Å². The summed E-state index contributed by atoms with van der Waals surface area (Å²) in [4.78, 5) is 10.9. The van der Waals surface area contributed by atoms with E-state index in [4.69, 9.17) is 0 Å². The Labute approximate surface area is 87.4 Å². The molecule has 0 saturated carbocycles. The van der Waals surface area contributed by atoms with Gasteiger partial charge in [0.2, 0.25) is 0 Å². The second kappa shape index (κ2) is 9.78. The molecule has 0 aliphatic carbocycles. The van der Waals surface area contributed by atoms with Gasteiger partial charge in [-0.25, -0.2) is 0 Å². The maximum Gasteiger partial charge on any atom is 0.251 e.